The maximum Gasteiger partial charge on any atom is 0.330 e. The number of nitrogens with zero attached hydrogens (tertiary/aromatic N) is 1. The van der Waals surface area contributed by atoms with Crippen LogP contribution < -0.4 is 26.3 Å². The molecule has 0 heterocycles. The Morgan fingerprint density at radius 2 is 1.78 bits per heavy atom. The highest BCUT2D eigenvalue weighted by Gasteiger charge is 2.32. The van der Waals surface area contributed by atoms with Gasteiger partial charge in [-0.2, -0.15) is 0 Å². The topological polar surface area (TPSA) is 187 Å². The summed E-state index contributed by atoms with van der Waals surface area (Å²) in [6.45, 7) is 0.0805. The Kier molecular flexibility index (Phi) is 7.90. The lowest BCUT2D eigenvalue weighted by molar-refractivity contribution is -0.138. The van der Waals surface area contributed by atoms with E-state index in [0.717, 1.165) is 11.8 Å². The summed E-state index contributed by atoms with van der Waals surface area (Å²) in [5.74, 6) is -1.43. The van der Waals surface area contributed by atoms with Crippen molar-refractivity contribution in [1.82, 2.24) is 0 Å². The van der Waals surface area contributed by atoms with Crippen LogP contribution in [0.4, 0.5) is 11.4 Å². The Balaban J connectivity index is 2.08. The summed E-state index contributed by atoms with van der Waals surface area (Å²) in [5.41, 5.74) is 13.0. The van der Waals surface area contributed by atoms with Gasteiger partial charge in [-0.25, -0.2) is 13.2 Å². The zero-order valence-electron chi connectivity index (χ0n) is 19.5. The van der Waals surface area contributed by atoms with E-state index < -0.39 is 21.8 Å². The third kappa shape index (κ3) is 5.78. The lowest BCUT2D eigenvalue weighted by Gasteiger charge is -2.23. The number of amidine groups is 1. The minimum absolute atomic E-state index is 0.0159. The van der Waals surface area contributed by atoms with Gasteiger partial charge in [-0.1, -0.05) is 35.5 Å². The SMILES string of the molecule is COc1cc(C(Nc2ccc(/C(N)=N/O)cc2)C(=O)O)c(S(C)(=O)=O)c(N)c1OCc1ccccc1. The average molecular weight is 515 g/mol. The van der Waals surface area contributed by atoms with Gasteiger partial charge in [-0.3, -0.25) is 0 Å². The van der Waals surface area contributed by atoms with Crippen LogP contribution >= 0.6 is 0 Å². The van der Waals surface area contributed by atoms with E-state index in [4.69, 9.17) is 26.1 Å². The van der Waals surface area contributed by atoms with Gasteiger partial charge < -0.3 is 36.6 Å². The molecule has 0 spiro atoms. The average Bonchev–Trinajstić information content (AvgIpc) is 2.85. The van der Waals surface area contributed by atoms with Crippen LogP contribution in [0, 0.1) is 0 Å². The smallest absolute Gasteiger partial charge is 0.330 e. The molecule has 0 saturated carbocycles. The van der Waals surface area contributed by atoms with Gasteiger partial charge in [0.05, 0.1) is 17.7 Å². The summed E-state index contributed by atoms with van der Waals surface area (Å²) in [6.07, 6.45) is 0.931. The molecule has 1 atom stereocenters. The van der Waals surface area contributed by atoms with Crippen LogP contribution in [0.1, 0.15) is 22.7 Å². The van der Waals surface area contributed by atoms with Gasteiger partial charge in [0.15, 0.2) is 33.2 Å². The van der Waals surface area contributed by atoms with Crippen LogP contribution in [0.3, 0.4) is 0 Å². The number of methoxy groups -OCH3 is 1. The summed E-state index contributed by atoms with van der Waals surface area (Å²) in [7, 11) is -2.67. The molecule has 3 aromatic rings. The van der Waals surface area contributed by atoms with E-state index in [1.165, 1.54) is 37.4 Å². The normalized spacial score (nSPS) is 12.6. The number of sulfone groups is 1. The fourth-order valence-electron chi connectivity index (χ4n) is 3.56. The van der Waals surface area contributed by atoms with Gasteiger partial charge in [-0.15, -0.1) is 0 Å². The van der Waals surface area contributed by atoms with Gasteiger partial charge in [-0.05, 0) is 35.9 Å². The first kappa shape index (κ1) is 26.2. The van der Waals surface area contributed by atoms with E-state index in [2.05, 4.69) is 10.5 Å². The molecule has 0 aliphatic rings. The molecule has 0 aromatic heterocycles. The molecule has 190 valence electrons. The molecule has 1 unspecified atom stereocenters. The maximum absolute atomic E-state index is 12.8. The number of oxime groups is 1. The summed E-state index contributed by atoms with van der Waals surface area (Å²) in [6, 6.07) is 14.9. The molecule has 0 aliphatic heterocycles. The third-order valence-corrected chi connectivity index (χ3v) is 6.43. The van der Waals surface area contributed by atoms with Gasteiger partial charge >= 0.3 is 5.97 Å². The molecule has 3 rings (SSSR count). The molecule has 36 heavy (non-hydrogen) atoms. The van der Waals surface area contributed by atoms with Crippen LogP contribution in [0.25, 0.3) is 0 Å². The quantitative estimate of drug-likeness (QED) is 0.0885. The molecule has 11 nitrogen and oxygen atoms in total. The highest BCUT2D eigenvalue weighted by Crippen LogP contribution is 2.43. The van der Waals surface area contributed by atoms with Crippen molar-refractivity contribution in [1.29, 1.82) is 0 Å². The first-order valence-corrected chi connectivity index (χ1v) is 12.4. The van der Waals surface area contributed by atoms with E-state index in [-0.39, 0.29) is 40.1 Å². The van der Waals surface area contributed by atoms with Crippen LogP contribution in [-0.2, 0) is 21.2 Å². The van der Waals surface area contributed by atoms with Crippen molar-refractivity contribution in [3.63, 3.8) is 0 Å². The second-order valence-electron chi connectivity index (χ2n) is 7.76. The number of nitrogens with two attached hydrogens (primary N) is 2. The van der Waals surface area contributed by atoms with Crippen LogP contribution in [0.15, 0.2) is 70.7 Å². The molecule has 0 bridgehead atoms. The first-order chi connectivity index (χ1) is 17.1. The van der Waals surface area contributed by atoms with Crippen molar-refractivity contribution in [3.8, 4) is 11.5 Å². The van der Waals surface area contributed by atoms with E-state index in [1.54, 1.807) is 0 Å². The highest BCUT2D eigenvalue weighted by molar-refractivity contribution is 7.91. The first-order valence-electron chi connectivity index (χ1n) is 10.5. The number of ether oxygens (including phenoxy) is 2. The number of carboxylic acid groups (broad SMARTS) is 1. The minimum Gasteiger partial charge on any atom is -0.493 e. The number of rotatable bonds is 10. The highest BCUT2D eigenvalue weighted by atomic mass is 32.2. The van der Waals surface area contributed by atoms with Crippen LogP contribution in [0.5, 0.6) is 11.5 Å². The predicted molar refractivity (Wildman–Crippen MR) is 134 cm³/mol. The molecule has 0 radical (unpaired) electrons. The van der Waals surface area contributed by atoms with Crippen LogP contribution in [-0.4, -0.2) is 43.9 Å². The number of nitrogen functional groups attached to an aromatic ring is 1. The maximum atomic E-state index is 12.8. The summed E-state index contributed by atoms with van der Waals surface area (Å²) in [5, 5.41) is 24.5. The van der Waals surface area contributed by atoms with E-state index >= 15 is 0 Å². The lowest BCUT2D eigenvalue weighted by atomic mass is 10.0. The molecule has 0 amide bonds. The van der Waals surface area contributed by atoms with Crippen molar-refractivity contribution in [2.24, 2.45) is 10.9 Å². The number of hydrogen-bond donors (Lipinski definition) is 5. The third-order valence-electron chi connectivity index (χ3n) is 5.24. The number of carbonyl (C=O) groups is 1. The molecule has 7 N–H and O–H groups in total. The zero-order valence-corrected chi connectivity index (χ0v) is 20.3. The Morgan fingerprint density at radius 1 is 1.14 bits per heavy atom. The van der Waals surface area contributed by atoms with Crippen molar-refractivity contribution in [2.45, 2.75) is 17.5 Å². The number of benzene rings is 3. The van der Waals surface area contributed by atoms with Gasteiger partial charge in [0, 0.05) is 23.1 Å². The largest absolute Gasteiger partial charge is 0.493 e. The monoisotopic (exact) mass is 514 g/mol. The van der Waals surface area contributed by atoms with E-state index in [1.807, 2.05) is 30.3 Å². The zero-order chi connectivity index (χ0) is 26.5. The second-order valence-corrected chi connectivity index (χ2v) is 9.72. The standard InChI is InChI=1S/C24H26N4O7S/c1-34-18-12-17(20(24(29)30)27-16-10-8-15(9-11-16)23(26)28-31)22(36(2,32)33)19(25)21(18)35-13-14-6-4-3-5-7-14/h3-12,20,27,31H,13,25H2,1-2H3,(H2,26,28)(H,29,30). The molecule has 0 saturated heterocycles. The number of anilines is 2. The molecular formula is C24H26N4O7S. The molecule has 3 aromatic carbocycles. The van der Waals surface area contributed by atoms with E-state index in [9.17, 15) is 18.3 Å². The minimum atomic E-state index is -4.01. The number of aliphatic carboxylic acids is 1. The fraction of sp³-hybridized carbons (Fsp3) is 0.167. The number of nitrogens with one attached hydrogen (secondary N) is 1. The molecular weight excluding hydrogens is 488 g/mol. The summed E-state index contributed by atoms with van der Waals surface area (Å²) >= 11 is 0. The Bertz CT molecular complexity index is 1380. The van der Waals surface area contributed by atoms with Gasteiger partial charge in [0.2, 0.25) is 0 Å². The van der Waals surface area contributed by atoms with Gasteiger partial charge in [0.25, 0.3) is 0 Å². The number of hydrogen-bond acceptors (Lipinski definition) is 9. The Labute approximate surface area is 207 Å². The van der Waals surface area contributed by atoms with Crippen molar-refractivity contribution >= 4 is 33.0 Å². The Hall–Kier alpha value is -4.45. The second kappa shape index (κ2) is 10.9. The lowest BCUT2D eigenvalue weighted by Crippen LogP contribution is -2.24. The Morgan fingerprint density at radius 3 is 2.31 bits per heavy atom. The summed E-state index contributed by atoms with van der Waals surface area (Å²) < 4.78 is 36.8. The predicted octanol–water partition coefficient (Wildman–Crippen LogP) is 2.59. The van der Waals surface area contributed by atoms with Crippen molar-refractivity contribution in [3.05, 3.63) is 77.4 Å². The fourth-order valence-corrected chi connectivity index (χ4v) is 4.65. The molecule has 0 aliphatic carbocycles. The summed E-state index contributed by atoms with van der Waals surface area (Å²) in [4.78, 5) is 11.9. The van der Waals surface area contributed by atoms with E-state index in [0.29, 0.717) is 11.3 Å². The van der Waals surface area contributed by atoms with Gasteiger partial charge in [0.1, 0.15) is 6.61 Å². The number of carboxylic acids is 1. The van der Waals surface area contributed by atoms with Crippen molar-refractivity contribution < 1.29 is 33.0 Å². The van der Waals surface area contributed by atoms with Crippen LogP contribution in [0.2, 0.25) is 0 Å². The molecule has 12 heteroatoms. The van der Waals surface area contributed by atoms with Crippen molar-refractivity contribution in [2.75, 3.05) is 24.4 Å². The molecule has 0 fully saturated rings.